The molecular weight excluding hydrogens is 421 g/mol. The minimum absolute atomic E-state index is 0.151. The van der Waals surface area contributed by atoms with Crippen LogP contribution in [0.2, 0.25) is 0 Å². The lowest BCUT2D eigenvalue weighted by Gasteiger charge is -2.22. The predicted octanol–water partition coefficient (Wildman–Crippen LogP) is 2.71. The Hall–Kier alpha value is -3.52. The van der Waals surface area contributed by atoms with Crippen molar-refractivity contribution in [3.63, 3.8) is 0 Å². The molecule has 1 aromatic carbocycles. The summed E-state index contributed by atoms with van der Waals surface area (Å²) in [7, 11) is 0. The standard InChI is InChI=1S/C25H28FN5O2/c26-20-5-1-3-17(13-20)8-11-29-25-21(23(24(27)33)19-4-2-10-28-14-19)6-7-22(30-25)31-12-9-18(15-31)16-32/h1-7,10,13-14,18,23,32H,8-9,11-12,15-16H2,(H2,27,33)(H,29,30)/t18-,23?/m0/s1. The molecular formula is C25H28FN5O2. The number of aliphatic hydroxyl groups is 1. The molecule has 4 N–H and O–H groups in total. The summed E-state index contributed by atoms with van der Waals surface area (Å²) in [5.41, 5.74) is 8.02. The van der Waals surface area contributed by atoms with Crippen molar-refractivity contribution in [2.24, 2.45) is 11.7 Å². The molecule has 1 fully saturated rings. The molecule has 0 spiro atoms. The van der Waals surface area contributed by atoms with Crippen molar-refractivity contribution in [1.29, 1.82) is 0 Å². The maximum atomic E-state index is 13.5. The summed E-state index contributed by atoms with van der Waals surface area (Å²) in [5.74, 6) is 0.0880. The highest BCUT2D eigenvalue weighted by molar-refractivity contribution is 5.87. The van der Waals surface area contributed by atoms with Crippen molar-refractivity contribution >= 4 is 17.5 Å². The summed E-state index contributed by atoms with van der Waals surface area (Å²) in [6.45, 7) is 2.19. The molecule has 2 aromatic heterocycles. The topological polar surface area (TPSA) is 104 Å². The predicted molar refractivity (Wildman–Crippen MR) is 126 cm³/mol. The number of primary amides is 1. The molecule has 1 amide bonds. The van der Waals surface area contributed by atoms with Gasteiger partial charge in [0.2, 0.25) is 5.91 Å². The van der Waals surface area contributed by atoms with Crippen molar-refractivity contribution in [2.75, 3.05) is 36.5 Å². The summed E-state index contributed by atoms with van der Waals surface area (Å²) < 4.78 is 13.5. The van der Waals surface area contributed by atoms with Crippen molar-refractivity contribution < 1.29 is 14.3 Å². The van der Waals surface area contributed by atoms with Gasteiger partial charge in [0.05, 0.1) is 5.92 Å². The average Bonchev–Trinajstić information content (AvgIpc) is 3.30. The molecule has 1 unspecified atom stereocenters. The summed E-state index contributed by atoms with van der Waals surface area (Å²) in [5, 5.41) is 12.8. The highest BCUT2D eigenvalue weighted by Crippen LogP contribution is 2.32. The summed E-state index contributed by atoms with van der Waals surface area (Å²) >= 11 is 0. The monoisotopic (exact) mass is 449 g/mol. The number of pyridine rings is 2. The van der Waals surface area contributed by atoms with E-state index >= 15 is 0 Å². The molecule has 0 radical (unpaired) electrons. The first-order valence-corrected chi connectivity index (χ1v) is 11.1. The van der Waals surface area contributed by atoms with Crippen LogP contribution in [-0.4, -0.2) is 47.2 Å². The third-order valence-electron chi connectivity index (χ3n) is 5.99. The molecule has 7 nitrogen and oxygen atoms in total. The second-order valence-corrected chi connectivity index (χ2v) is 8.32. The molecule has 0 saturated carbocycles. The zero-order valence-electron chi connectivity index (χ0n) is 18.3. The SMILES string of the molecule is NC(=O)C(c1cccnc1)c1ccc(N2CC[C@H](CO)C2)nc1NCCc1cccc(F)c1. The van der Waals surface area contributed by atoms with E-state index in [1.165, 1.54) is 12.1 Å². The number of carbonyl (C=O) groups is 1. The number of benzene rings is 1. The van der Waals surface area contributed by atoms with Gasteiger partial charge in [0.15, 0.2) is 0 Å². The molecule has 0 aliphatic carbocycles. The van der Waals surface area contributed by atoms with E-state index in [0.717, 1.165) is 30.9 Å². The maximum absolute atomic E-state index is 13.5. The number of aliphatic hydroxyl groups excluding tert-OH is 1. The van der Waals surface area contributed by atoms with Gasteiger partial charge in [-0.15, -0.1) is 0 Å². The first-order chi connectivity index (χ1) is 16.0. The largest absolute Gasteiger partial charge is 0.396 e. The third kappa shape index (κ3) is 5.46. The van der Waals surface area contributed by atoms with E-state index in [1.807, 2.05) is 24.3 Å². The van der Waals surface area contributed by atoms with Gasteiger partial charge in [-0.2, -0.15) is 0 Å². The number of anilines is 2. The van der Waals surface area contributed by atoms with E-state index in [0.29, 0.717) is 29.9 Å². The number of amides is 1. The van der Waals surface area contributed by atoms with E-state index in [4.69, 9.17) is 10.7 Å². The maximum Gasteiger partial charge on any atom is 0.229 e. The average molecular weight is 450 g/mol. The van der Waals surface area contributed by atoms with Crippen LogP contribution in [0, 0.1) is 11.7 Å². The van der Waals surface area contributed by atoms with Gasteiger partial charge in [-0.1, -0.05) is 24.3 Å². The molecule has 172 valence electrons. The fraction of sp³-hybridized carbons (Fsp3) is 0.320. The van der Waals surface area contributed by atoms with Crippen LogP contribution < -0.4 is 16.0 Å². The van der Waals surface area contributed by atoms with E-state index < -0.39 is 11.8 Å². The fourth-order valence-electron chi connectivity index (χ4n) is 4.26. The number of aromatic nitrogens is 2. The second-order valence-electron chi connectivity index (χ2n) is 8.32. The van der Waals surface area contributed by atoms with Crippen molar-refractivity contribution in [3.8, 4) is 0 Å². The fourth-order valence-corrected chi connectivity index (χ4v) is 4.26. The Bertz CT molecular complexity index is 1100. The van der Waals surface area contributed by atoms with E-state index in [1.54, 1.807) is 24.5 Å². The number of nitrogens with two attached hydrogens (primary N) is 1. The molecule has 0 bridgehead atoms. The number of hydrogen-bond acceptors (Lipinski definition) is 6. The van der Waals surface area contributed by atoms with Crippen LogP contribution in [0.5, 0.6) is 0 Å². The van der Waals surface area contributed by atoms with E-state index in [2.05, 4.69) is 15.2 Å². The van der Waals surface area contributed by atoms with Gasteiger partial charge in [-0.25, -0.2) is 9.37 Å². The molecule has 4 rings (SSSR count). The van der Waals surface area contributed by atoms with Crippen LogP contribution in [-0.2, 0) is 11.2 Å². The lowest BCUT2D eigenvalue weighted by molar-refractivity contribution is -0.118. The number of hydrogen-bond donors (Lipinski definition) is 3. The summed E-state index contributed by atoms with van der Waals surface area (Å²) in [6.07, 6.45) is 4.77. The van der Waals surface area contributed by atoms with Crippen molar-refractivity contribution in [1.82, 2.24) is 9.97 Å². The highest BCUT2D eigenvalue weighted by Gasteiger charge is 2.27. The van der Waals surface area contributed by atoms with Crippen LogP contribution in [0.15, 0.2) is 60.9 Å². The van der Waals surface area contributed by atoms with Gasteiger partial charge < -0.3 is 21.1 Å². The van der Waals surface area contributed by atoms with E-state index in [-0.39, 0.29) is 18.3 Å². The molecule has 3 aromatic rings. The molecule has 1 aliphatic rings. The normalized spacial score (nSPS) is 16.5. The smallest absolute Gasteiger partial charge is 0.229 e. The Kier molecular flexibility index (Phi) is 7.14. The Labute approximate surface area is 192 Å². The van der Waals surface area contributed by atoms with Crippen molar-refractivity contribution in [3.05, 3.63) is 83.4 Å². The van der Waals surface area contributed by atoms with Crippen LogP contribution in [0.3, 0.4) is 0 Å². The number of rotatable bonds is 9. The van der Waals surface area contributed by atoms with Gasteiger partial charge in [0, 0.05) is 50.1 Å². The second kappa shape index (κ2) is 10.4. The van der Waals surface area contributed by atoms with Crippen molar-refractivity contribution in [2.45, 2.75) is 18.8 Å². The Morgan fingerprint density at radius 2 is 2.15 bits per heavy atom. The minimum atomic E-state index is -0.708. The van der Waals surface area contributed by atoms with Crippen LogP contribution in [0.25, 0.3) is 0 Å². The molecule has 1 saturated heterocycles. The lowest BCUT2D eigenvalue weighted by atomic mass is 9.92. The summed E-state index contributed by atoms with van der Waals surface area (Å²) in [4.78, 5) is 23.6. The number of halogens is 1. The summed E-state index contributed by atoms with van der Waals surface area (Å²) in [6, 6.07) is 13.8. The first kappa shape index (κ1) is 22.7. The molecule has 2 atom stereocenters. The Morgan fingerprint density at radius 3 is 2.85 bits per heavy atom. The van der Waals surface area contributed by atoms with E-state index in [9.17, 15) is 14.3 Å². The number of carbonyl (C=O) groups excluding carboxylic acids is 1. The zero-order chi connectivity index (χ0) is 23.2. The minimum Gasteiger partial charge on any atom is -0.396 e. The van der Waals surface area contributed by atoms with Gasteiger partial charge in [-0.3, -0.25) is 9.78 Å². The Morgan fingerprint density at radius 1 is 1.27 bits per heavy atom. The molecule has 3 heterocycles. The Balaban J connectivity index is 1.63. The van der Waals surface area contributed by atoms with Crippen LogP contribution in [0.4, 0.5) is 16.0 Å². The quantitative estimate of drug-likeness (QED) is 0.464. The van der Waals surface area contributed by atoms with Crippen LogP contribution >= 0.6 is 0 Å². The molecule has 1 aliphatic heterocycles. The highest BCUT2D eigenvalue weighted by atomic mass is 19.1. The van der Waals surface area contributed by atoms with Crippen LogP contribution in [0.1, 0.15) is 29.0 Å². The first-order valence-electron chi connectivity index (χ1n) is 11.1. The number of nitrogens with one attached hydrogen (secondary N) is 1. The number of nitrogens with zero attached hydrogens (tertiary/aromatic N) is 3. The zero-order valence-corrected chi connectivity index (χ0v) is 18.3. The van der Waals surface area contributed by atoms with Gasteiger partial charge in [0.25, 0.3) is 0 Å². The molecule has 33 heavy (non-hydrogen) atoms. The van der Waals surface area contributed by atoms with Gasteiger partial charge in [-0.05, 0) is 48.2 Å². The molecule has 8 heteroatoms. The lowest BCUT2D eigenvalue weighted by Crippen LogP contribution is -2.26. The van der Waals surface area contributed by atoms with Gasteiger partial charge in [0.1, 0.15) is 17.5 Å². The van der Waals surface area contributed by atoms with Gasteiger partial charge >= 0.3 is 0 Å². The third-order valence-corrected chi connectivity index (χ3v) is 5.99.